The van der Waals surface area contributed by atoms with Crippen molar-refractivity contribution < 1.29 is 9.59 Å². The number of anilines is 4. The summed E-state index contributed by atoms with van der Waals surface area (Å²) in [6.45, 7) is 0. The van der Waals surface area contributed by atoms with Crippen molar-refractivity contribution in [3.05, 3.63) is 108 Å². The number of nitrogens with zero attached hydrogens (tertiary/aromatic N) is 2. The van der Waals surface area contributed by atoms with Crippen LogP contribution in [-0.2, 0) is 0 Å². The van der Waals surface area contributed by atoms with Gasteiger partial charge in [-0.2, -0.15) is 0 Å². The third kappa shape index (κ3) is 3.00. The van der Waals surface area contributed by atoms with Crippen LogP contribution in [0.2, 0.25) is 0 Å². The molecule has 0 unspecified atom stereocenters. The largest absolute Gasteiger partial charge is 0.354 e. The molecule has 0 bridgehead atoms. The number of nitrogens with one attached hydrogen (secondary N) is 2. The number of ketones is 2. The summed E-state index contributed by atoms with van der Waals surface area (Å²) in [5.41, 5.74) is 4.14. The Hall–Kier alpha value is -4.32. The van der Waals surface area contributed by atoms with E-state index in [0.717, 1.165) is 11.4 Å². The van der Waals surface area contributed by atoms with Crippen molar-refractivity contribution >= 4 is 34.3 Å². The first-order valence-electron chi connectivity index (χ1n) is 9.42. The molecule has 0 saturated heterocycles. The normalized spacial score (nSPS) is 12.1. The van der Waals surface area contributed by atoms with Crippen molar-refractivity contribution in [1.29, 1.82) is 0 Å². The minimum Gasteiger partial charge on any atom is -0.354 e. The molecule has 5 rings (SSSR count). The lowest BCUT2D eigenvalue weighted by Crippen LogP contribution is -2.23. The van der Waals surface area contributed by atoms with Gasteiger partial charge in [-0.25, -0.2) is 0 Å². The van der Waals surface area contributed by atoms with E-state index in [0.29, 0.717) is 33.6 Å². The molecule has 0 aliphatic heterocycles. The lowest BCUT2D eigenvalue weighted by atomic mass is 9.82. The van der Waals surface area contributed by atoms with Crippen molar-refractivity contribution in [2.75, 3.05) is 10.6 Å². The summed E-state index contributed by atoms with van der Waals surface area (Å²) < 4.78 is 0. The van der Waals surface area contributed by atoms with Gasteiger partial charge in [0.2, 0.25) is 0 Å². The van der Waals surface area contributed by atoms with Gasteiger partial charge in [-0.15, -0.1) is 0 Å². The number of hydrogen-bond donors (Lipinski definition) is 2. The van der Waals surface area contributed by atoms with Gasteiger partial charge in [0, 0.05) is 23.5 Å². The van der Waals surface area contributed by atoms with Crippen LogP contribution in [0.15, 0.2) is 85.5 Å². The van der Waals surface area contributed by atoms with Crippen LogP contribution >= 0.6 is 0 Å². The van der Waals surface area contributed by atoms with Crippen molar-refractivity contribution in [3.8, 4) is 0 Å². The Bertz CT molecular complexity index is 1170. The van der Waals surface area contributed by atoms with E-state index in [4.69, 9.17) is 0 Å². The summed E-state index contributed by atoms with van der Waals surface area (Å²) in [6.07, 6.45) is 6.68. The molecule has 1 aliphatic rings. The second kappa shape index (κ2) is 7.25. The van der Waals surface area contributed by atoms with Gasteiger partial charge in [0.05, 0.1) is 46.3 Å². The molecule has 2 heterocycles. The number of hydrogen-bond acceptors (Lipinski definition) is 6. The fourth-order valence-electron chi connectivity index (χ4n) is 3.63. The average molecular weight is 392 g/mol. The van der Waals surface area contributed by atoms with Crippen LogP contribution in [0.4, 0.5) is 22.7 Å². The van der Waals surface area contributed by atoms with Crippen LogP contribution < -0.4 is 10.6 Å². The maximum atomic E-state index is 13.4. The van der Waals surface area contributed by atoms with E-state index in [1.165, 1.54) is 0 Å². The number of pyridine rings is 2. The first-order chi connectivity index (χ1) is 14.7. The highest BCUT2D eigenvalue weighted by Gasteiger charge is 2.33. The molecular formula is C24H16N4O2. The molecule has 0 spiro atoms. The van der Waals surface area contributed by atoms with E-state index in [-0.39, 0.29) is 11.6 Å². The molecule has 4 aromatic rings. The standard InChI is InChI=1S/C24H16N4O2/c29-23-17-7-1-9-19(27-15-5-3-11-25-13-15)21(17)24(30)18-8-2-10-20(22(18)23)28-16-6-4-12-26-14-16/h1-14,27-28H. The van der Waals surface area contributed by atoms with Gasteiger partial charge in [-0.1, -0.05) is 24.3 Å². The average Bonchev–Trinajstić information content (AvgIpc) is 2.79. The predicted octanol–water partition coefficient (Wildman–Crippen LogP) is 4.74. The predicted molar refractivity (Wildman–Crippen MR) is 115 cm³/mol. The highest BCUT2D eigenvalue weighted by Crippen LogP contribution is 2.36. The Morgan fingerprint density at radius 2 is 1.03 bits per heavy atom. The molecule has 6 heteroatoms. The molecule has 0 saturated carbocycles. The van der Waals surface area contributed by atoms with Gasteiger partial charge in [0.25, 0.3) is 0 Å². The summed E-state index contributed by atoms with van der Waals surface area (Å²) >= 11 is 0. The smallest absolute Gasteiger partial charge is 0.196 e. The molecule has 1 aliphatic carbocycles. The summed E-state index contributed by atoms with van der Waals surface area (Å²) in [4.78, 5) is 35.0. The molecule has 0 atom stereocenters. The van der Waals surface area contributed by atoms with Crippen LogP contribution in [0.1, 0.15) is 31.8 Å². The van der Waals surface area contributed by atoms with E-state index in [9.17, 15) is 9.59 Å². The molecule has 2 aromatic carbocycles. The lowest BCUT2D eigenvalue weighted by molar-refractivity contribution is 0.0980. The second-order valence-corrected chi connectivity index (χ2v) is 6.85. The van der Waals surface area contributed by atoms with Crippen LogP contribution in [0, 0.1) is 0 Å². The third-order valence-corrected chi connectivity index (χ3v) is 4.95. The van der Waals surface area contributed by atoms with E-state index >= 15 is 0 Å². The summed E-state index contributed by atoms with van der Waals surface area (Å²) in [5.74, 6) is -0.386. The van der Waals surface area contributed by atoms with Crippen molar-refractivity contribution in [2.45, 2.75) is 0 Å². The molecule has 30 heavy (non-hydrogen) atoms. The van der Waals surface area contributed by atoms with Crippen molar-refractivity contribution in [2.24, 2.45) is 0 Å². The van der Waals surface area contributed by atoms with Gasteiger partial charge >= 0.3 is 0 Å². The number of carbonyl (C=O) groups excluding carboxylic acids is 2. The second-order valence-electron chi connectivity index (χ2n) is 6.85. The Kier molecular flexibility index (Phi) is 4.29. The monoisotopic (exact) mass is 392 g/mol. The maximum absolute atomic E-state index is 13.4. The highest BCUT2D eigenvalue weighted by molar-refractivity contribution is 6.32. The molecule has 0 radical (unpaired) electrons. The van der Waals surface area contributed by atoms with Crippen LogP contribution in [0.5, 0.6) is 0 Å². The number of benzene rings is 2. The van der Waals surface area contributed by atoms with E-state index in [1.807, 2.05) is 12.1 Å². The number of fused-ring (bicyclic) bond motifs is 2. The Morgan fingerprint density at radius 1 is 0.567 bits per heavy atom. The van der Waals surface area contributed by atoms with Crippen molar-refractivity contribution in [1.82, 2.24) is 9.97 Å². The lowest BCUT2D eigenvalue weighted by Gasteiger charge is -2.23. The van der Waals surface area contributed by atoms with Crippen molar-refractivity contribution in [3.63, 3.8) is 0 Å². The zero-order chi connectivity index (χ0) is 20.5. The number of carbonyl (C=O) groups is 2. The van der Waals surface area contributed by atoms with Crippen LogP contribution in [-0.4, -0.2) is 21.5 Å². The van der Waals surface area contributed by atoms with Gasteiger partial charge < -0.3 is 10.6 Å². The fourth-order valence-corrected chi connectivity index (χ4v) is 3.63. The van der Waals surface area contributed by atoms with E-state index in [1.54, 1.807) is 73.3 Å². The molecule has 0 amide bonds. The van der Waals surface area contributed by atoms with Gasteiger partial charge in [0.15, 0.2) is 11.6 Å². The molecule has 0 fully saturated rings. The summed E-state index contributed by atoms with van der Waals surface area (Å²) in [6, 6.07) is 17.8. The molecule has 6 nitrogen and oxygen atoms in total. The Labute approximate surface area is 172 Å². The fraction of sp³-hybridized carbons (Fsp3) is 0. The minimum atomic E-state index is -0.193. The minimum absolute atomic E-state index is 0.193. The SMILES string of the molecule is O=C1c2cccc(Nc3cccnc3)c2C(=O)c2cccc(Nc3cccnc3)c21. The molecular weight excluding hydrogens is 376 g/mol. The van der Waals surface area contributed by atoms with E-state index < -0.39 is 0 Å². The first-order valence-corrected chi connectivity index (χ1v) is 9.42. The maximum Gasteiger partial charge on any atom is 0.196 e. The summed E-state index contributed by atoms with van der Waals surface area (Å²) in [7, 11) is 0. The Balaban J connectivity index is 1.60. The topological polar surface area (TPSA) is 84.0 Å². The quantitative estimate of drug-likeness (QED) is 0.460. The Morgan fingerprint density at radius 3 is 1.43 bits per heavy atom. The molecule has 2 N–H and O–H groups in total. The van der Waals surface area contributed by atoms with Gasteiger partial charge in [-0.05, 0) is 36.4 Å². The summed E-state index contributed by atoms with van der Waals surface area (Å²) in [5, 5.41) is 6.42. The van der Waals surface area contributed by atoms with Gasteiger partial charge in [-0.3, -0.25) is 19.6 Å². The third-order valence-electron chi connectivity index (χ3n) is 4.95. The van der Waals surface area contributed by atoms with E-state index in [2.05, 4.69) is 20.6 Å². The highest BCUT2D eigenvalue weighted by atomic mass is 16.1. The number of rotatable bonds is 4. The first kappa shape index (κ1) is 17.8. The number of aromatic nitrogens is 2. The van der Waals surface area contributed by atoms with Crippen LogP contribution in [0.25, 0.3) is 0 Å². The molecule has 144 valence electrons. The zero-order valence-corrected chi connectivity index (χ0v) is 15.8. The zero-order valence-electron chi connectivity index (χ0n) is 15.8. The van der Waals surface area contributed by atoms with Crippen LogP contribution in [0.3, 0.4) is 0 Å². The van der Waals surface area contributed by atoms with Gasteiger partial charge in [0.1, 0.15) is 0 Å². The molecule has 2 aromatic heterocycles.